The Labute approximate surface area is 115 Å². The molecule has 2 N–H and O–H groups in total. The molecule has 0 bridgehead atoms. The summed E-state index contributed by atoms with van der Waals surface area (Å²) in [5.74, 6) is -1.36. The molecule has 0 aliphatic heterocycles. The van der Waals surface area contributed by atoms with Gasteiger partial charge in [0.25, 0.3) is 0 Å². The zero-order valence-corrected chi connectivity index (χ0v) is 11.6. The molecule has 104 valence electrons. The third-order valence-corrected chi connectivity index (χ3v) is 3.32. The summed E-state index contributed by atoms with van der Waals surface area (Å²) in [5.41, 5.74) is -2.36. The second-order valence-electron chi connectivity index (χ2n) is 5.48. The van der Waals surface area contributed by atoms with E-state index in [9.17, 15) is 14.7 Å². The smallest absolute Gasteiger partial charge is 0.328 e. The minimum absolute atomic E-state index is 0.0538. The first-order valence-electron chi connectivity index (χ1n) is 6.97. The molecule has 0 aromatic heterocycles. The van der Waals surface area contributed by atoms with E-state index in [-0.39, 0.29) is 23.8 Å². The monoisotopic (exact) mass is 266 g/mol. The van der Waals surface area contributed by atoms with Crippen molar-refractivity contribution in [1.82, 2.24) is 0 Å². The number of carboxylic acid groups (broad SMARTS) is 1. The van der Waals surface area contributed by atoms with Crippen LogP contribution in [0.15, 0.2) is 35.4 Å². The fourth-order valence-electron chi connectivity index (χ4n) is 2.17. The van der Waals surface area contributed by atoms with Gasteiger partial charge in [-0.15, -0.1) is 0 Å². The molecule has 0 aromatic carbocycles. The summed E-state index contributed by atoms with van der Waals surface area (Å²) in [5, 5.41) is 19.7. The third-order valence-electron chi connectivity index (χ3n) is 3.32. The largest absolute Gasteiger partial charge is 0.478 e. The summed E-state index contributed by atoms with van der Waals surface area (Å²) in [6, 6.07) is -0.751. The summed E-state index contributed by atoms with van der Waals surface area (Å²) in [4.78, 5) is 22.3. The minimum Gasteiger partial charge on any atom is -0.478 e. The van der Waals surface area contributed by atoms with Crippen LogP contribution in [-0.2, 0) is 9.59 Å². The number of aliphatic carboxylic acids is 1. The van der Waals surface area contributed by atoms with Crippen molar-refractivity contribution in [2.24, 2.45) is 5.41 Å². The number of aliphatic hydroxyl groups is 1. The van der Waals surface area contributed by atoms with Gasteiger partial charge < -0.3 is 10.2 Å². The first-order chi connectivity index (χ1) is 9.43. The second kappa shape index (κ2) is 5.13. The lowest BCUT2D eigenvalue weighted by molar-refractivity contribution is -0.131. The number of hydrogen-bond donors (Lipinski definition) is 2. The van der Waals surface area contributed by atoms with Gasteiger partial charge in [0.15, 0.2) is 5.78 Å². The van der Waals surface area contributed by atoms with Gasteiger partial charge in [0.1, 0.15) is 5.60 Å². The molecule has 0 saturated heterocycles. The highest BCUT2D eigenvalue weighted by Gasteiger charge is 2.46. The van der Waals surface area contributed by atoms with Crippen LogP contribution in [0.5, 0.6) is 0 Å². The Hall–Kier alpha value is -1.68. The van der Waals surface area contributed by atoms with E-state index >= 15 is 0 Å². The standard InChI is InChI=1S/C15H20O4/c1-10(7-13(17)18)5-6-15(19)11(2)8-12(16)9-14(15,3)4/h5-8,19H,9H2,1-4H3,(H,17,18)/b6-5+,10-7-/i5D,6D. The topological polar surface area (TPSA) is 74.6 Å². The average molecular weight is 266 g/mol. The first kappa shape index (κ1) is 12.4. The maximum atomic E-state index is 11.6. The molecule has 0 fully saturated rings. The molecule has 0 saturated carbocycles. The van der Waals surface area contributed by atoms with Crippen LogP contribution in [0.4, 0.5) is 0 Å². The Balaban J connectivity index is 3.50. The van der Waals surface area contributed by atoms with Crippen LogP contribution in [-0.4, -0.2) is 27.6 Å². The van der Waals surface area contributed by atoms with Gasteiger partial charge in [-0.2, -0.15) is 0 Å². The Morgan fingerprint density at radius 1 is 1.53 bits per heavy atom. The Kier molecular flexibility index (Phi) is 3.34. The quantitative estimate of drug-likeness (QED) is 0.607. The van der Waals surface area contributed by atoms with Crippen molar-refractivity contribution in [3.63, 3.8) is 0 Å². The van der Waals surface area contributed by atoms with Crippen molar-refractivity contribution in [3.8, 4) is 0 Å². The van der Waals surface area contributed by atoms with E-state index in [0.29, 0.717) is 5.57 Å². The van der Waals surface area contributed by atoms with Crippen LogP contribution in [0.25, 0.3) is 0 Å². The average Bonchev–Trinajstić information content (AvgIpc) is 2.32. The van der Waals surface area contributed by atoms with E-state index < -0.39 is 23.0 Å². The van der Waals surface area contributed by atoms with Gasteiger partial charge in [-0.05, 0) is 37.1 Å². The second-order valence-corrected chi connectivity index (χ2v) is 5.48. The van der Waals surface area contributed by atoms with Crippen LogP contribution in [0.1, 0.15) is 36.9 Å². The maximum Gasteiger partial charge on any atom is 0.328 e. The number of ketones is 1. The van der Waals surface area contributed by atoms with E-state index in [2.05, 4.69) is 0 Å². The van der Waals surface area contributed by atoms with E-state index in [1.54, 1.807) is 13.8 Å². The summed E-state index contributed by atoms with van der Waals surface area (Å²) >= 11 is 0. The molecular formula is C15H20O4. The molecule has 1 atom stereocenters. The third kappa shape index (κ3) is 3.20. The lowest BCUT2D eigenvalue weighted by atomic mass is 9.64. The number of carboxylic acids is 1. The van der Waals surface area contributed by atoms with Gasteiger partial charge in [0, 0.05) is 17.9 Å². The van der Waals surface area contributed by atoms with E-state index in [1.807, 2.05) is 0 Å². The van der Waals surface area contributed by atoms with E-state index in [0.717, 1.165) is 6.08 Å². The molecule has 1 aliphatic rings. The highest BCUT2D eigenvalue weighted by Crippen LogP contribution is 2.44. The molecule has 4 heteroatoms. The van der Waals surface area contributed by atoms with Gasteiger partial charge in [0.05, 0.1) is 2.74 Å². The predicted molar refractivity (Wildman–Crippen MR) is 72.6 cm³/mol. The Bertz CT molecular complexity index is 584. The summed E-state index contributed by atoms with van der Waals surface area (Å²) in [6.45, 7) is 6.24. The zero-order valence-electron chi connectivity index (χ0n) is 13.6. The molecule has 1 aliphatic carbocycles. The number of carbonyl (C=O) groups is 2. The number of rotatable bonds is 3. The maximum absolute atomic E-state index is 11.6. The van der Waals surface area contributed by atoms with E-state index in [4.69, 9.17) is 7.85 Å². The van der Waals surface area contributed by atoms with Crippen LogP contribution >= 0.6 is 0 Å². The van der Waals surface area contributed by atoms with Crippen molar-refractivity contribution < 1.29 is 22.5 Å². The fraction of sp³-hybridized carbons (Fsp3) is 0.467. The Morgan fingerprint density at radius 2 is 2.11 bits per heavy atom. The predicted octanol–water partition coefficient (Wildman–Crippen LogP) is 2.25. The van der Waals surface area contributed by atoms with Gasteiger partial charge in [-0.1, -0.05) is 19.9 Å². The van der Waals surface area contributed by atoms with Crippen molar-refractivity contribution in [2.45, 2.75) is 39.7 Å². The van der Waals surface area contributed by atoms with Crippen LogP contribution < -0.4 is 0 Å². The van der Waals surface area contributed by atoms with Gasteiger partial charge in [-0.3, -0.25) is 4.79 Å². The van der Waals surface area contributed by atoms with Crippen molar-refractivity contribution in [2.75, 3.05) is 0 Å². The number of allylic oxidation sites excluding steroid dienone is 3. The molecule has 1 rings (SSSR count). The van der Waals surface area contributed by atoms with Gasteiger partial charge in [-0.25, -0.2) is 4.79 Å². The normalized spacial score (nSPS) is 30.1. The molecule has 0 aromatic rings. The lowest BCUT2D eigenvalue weighted by Gasteiger charge is -2.43. The zero-order chi connectivity index (χ0) is 16.6. The van der Waals surface area contributed by atoms with Crippen molar-refractivity contribution in [3.05, 3.63) is 35.4 Å². The van der Waals surface area contributed by atoms with Crippen LogP contribution in [0, 0.1) is 5.41 Å². The summed E-state index contributed by atoms with van der Waals surface area (Å²) < 4.78 is 16.1. The molecule has 0 amide bonds. The van der Waals surface area contributed by atoms with Crippen LogP contribution in [0.3, 0.4) is 0 Å². The molecule has 4 nitrogen and oxygen atoms in total. The fourth-order valence-corrected chi connectivity index (χ4v) is 2.17. The van der Waals surface area contributed by atoms with Crippen LogP contribution in [0.2, 0.25) is 0 Å². The highest BCUT2D eigenvalue weighted by molar-refractivity contribution is 5.92. The Morgan fingerprint density at radius 3 is 2.58 bits per heavy atom. The molecule has 1 unspecified atom stereocenters. The molecule has 0 radical (unpaired) electrons. The lowest BCUT2D eigenvalue weighted by Crippen LogP contribution is -2.48. The molecule has 0 heterocycles. The van der Waals surface area contributed by atoms with E-state index in [1.165, 1.54) is 19.9 Å². The number of carbonyl (C=O) groups excluding carboxylic acids is 1. The number of hydrogen-bond acceptors (Lipinski definition) is 3. The first-order valence-corrected chi connectivity index (χ1v) is 5.97. The molecule has 19 heavy (non-hydrogen) atoms. The van der Waals surface area contributed by atoms with Gasteiger partial charge in [0.2, 0.25) is 0 Å². The molecule has 0 spiro atoms. The van der Waals surface area contributed by atoms with Crippen molar-refractivity contribution >= 4 is 11.8 Å². The SMILES string of the molecule is [2H]C(/C(C)=C\C(=O)O)=C(/[2H])C1(O)C(C)=CC(=O)CC1(C)C. The molecular weight excluding hydrogens is 244 g/mol. The summed E-state index contributed by atoms with van der Waals surface area (Å²) in [7, 11) is 0. The summed E-state index contributed by atoms with van der Waals surface area (Å²) in [6.07, 6.45) is 2.15. The van der Waals surface area contributed by atoms with Crippen molar-refractivity contribution in [1.29, 1.82) is 0 Å². The highest BCUT2D eigenvalue weighted by atomic mass is 16.4. The van der Waals surface area contributed by atoms with Gasteiger partial charge >= 0.3 is 5.97 Å². The minimum atomic E-state index is -1.77.